The van der Waals surface area contributed by atoms with Crippen LogP contribution in [0.1, 0.15) is 4.88 Å². The molecule has 3 heterocycles. The average molecular weight is 263 g/mol. The molecule has 0 spiro atoms. The van der Waals surface area contributed by atoms with Gasteiger partial charge in [-0.15, -0.1) is 22.7 Å². The highest BCUT2D eigenvalue weighted by molar-refractivity contribution is 8.10. The molecule has 0 atom stereocenters. The Kier molecular flexibility index (Phi) is 2.86. The van der Waals surface area contributed by atoms with Gasteiger partial charge in [0.1, 0.15) is 5.00 Å². The first-order chi connectivity index (χ1) is 7.93. The fraction of sp³-hybridized carbons (Fsp3) is 0. The summed E-state index contributed by atoms with van der Waals surface area (Å²) >= 11 is 5.32. The van der Waals surface area contributed by atoms with E-state index in [-0.39, 0.29) is 0 Å². The Hall–Kier alpha value is -0.970. The van der Waals surface area contributed by atoms with Crippen LogP contribution in [0.5, 0.6) is 0 Å². The summed E-state index contributed by atoms with van der Waals surface area (Å²) in [6.45, 7) is 0. The summed E-state index contributed by atoms with van der Waals surface area (Å²) in [5.74, 6) is 0. The molecular weight excluding hydrogens is 254 g/mol. The maximum atomic E-state index is 2.21. The molecule has 0 aliphatic carbocycles. The zero-order chi connectivity index (χ0) is 10.8. The Morgan fingerprint density at radius 1 is 1.00 bits per heavy atom. The second-order valence-corrected chi connectivity index (χ2v) is 6.11. The zero-order valence-corrected chi connectivity index (χ0v) is 10.8. The van der Waals surface area contributed by atoms with Gasteiger partial charge in [-0.25, -0.2) is 0 Å². The molecule has 2 aromatic heterocycles. The maximum absolute atomic E-state index is 2.21. The highest BCUT2D eigenvalue weighted by Gasteiger charge is 2.13. The zero-order valence-electron chi connectivity index (χ0n) is 8.37. The summed E-state index contributed by atoms with van der Waals surface area (Å²) in [5, 5.41) is 5.49. The Morgan fingerprint density at radius 2 is 1.88 bits per heavy atom. The summed E-state index contributed by atoms with van der Waals surface area (Å²) in [4.78, 5) is 2.64. The molecule has 3 rings (SSSR count). The predicted molar refractivity (Wildman–Crippen MR) is 75.8 cm³/mol. The highest BCUT2D eigenvalue weighted by atomic mass is 32.2. The molecule has 1 aliphatic rings. The number of hydrogen-bond donors (Lipinski definition) is 0. The minimum Gasteiger partial charge on any atom is -0.278 e. The van der Waals surface area contributed by atoms with E-state index < -0.39 is 0 Å². The number of hydrogen-bond acceptors (Lipinski definition) is 4. The van der Waals surface area contributed by atoms with E-state index in [0.29, 0.717) is 0 Å². The summed E-state index contributed by atoms with van der Waals surface area (Å²) in [7, 11) is 0. The van der Waals surface area contributed by atoms with Crippen molar-refractivity contribution in [1.29, 1.82) is 0 Å². The third-order valence-corrected chi connectivity index (χ3v) is 5.24. The normalized spacial score (nSPS) is 15.2. The second kappa shape index (κ2) is 4.49. The molecule has 0 aromatic carbocycles. The van der Waals surface area contributed by atoms with Crippen molar-refractivity contribution in [2.45, 2.75) is 0 Å². The van der Waals surface area contributed by atoms with Crippen LogP contribution >= 0.6 is 34.6 Å². The van der Waals surface area contributed by atoms with Crippen molar-refractivity contribution in [3.63, 3.8) is 0 Å². The minimum absolute atomic E-state index is 1.27. The van der Waals surface area contributed by atoms with Crippen LogP contribution in [0.2, 0.25) is 0 Å². The monoisotopic (exact) mass is 263 g/mol. The number of anilines is 1. The molecule has 0 saturated carbocycles. The average Bonchev–Trinajstić information content (AvgIpc) is 3.03. The minimum atomic E-state index is 1.27. The van der Waals surface area contributed by atoms with Gasteiger partial charge in [-0.2, -0.15) is 0 Å². The van der Waals surface area contributed by atoms with Crippen LogP contribution in [0.4, 0.5) is 5.00 Å². The van der Waals surface area contributed by atoms with Crippen molar-refractivity contribution in [2.24, 2.45) is 0 Å². The second-order valence-electron chi connectivity index (χ2n) is 3.22. The van der Waals surface area contributed by atoms with Gasteiger partial charge in [0.25, 0.3) is 0 Å². The van der Waals surface area contributed by atoms with Crippen molar-refractivity contribution >= 4 is 44.5 Å². The van der Waals surface area contributed by atoms with E-state index in [0.717, 1.165) is 0 Å². The Labute approximate surface area is 107 Å². The van der Waals surface area contributed by atoms with E-state index in [1.807, 2.05) is 0 Å². The van der Waals surface area contributed by atoms with E-state index in [9.17, 15) is 0 Å². The summed E-state index contributed by atoms with van der Waals surface area (Å²) < 4.78 is 2.21. The van der Waals surface area contributed by atoms with Crippen molar-refractivity contribution in [1.82, 2.24) is 0 Å². The fourth-order valence-electron chi connectivity index (χ4n) is 1.44. The number of rotatable bonds is 2. The Bertz CT molecular complexity index is 508. The van der Waals surface area contributed by atoms with Crippen LogP contribution in [0.15, 0.2) is 53.4 Å². The molecule has 0 amide bonds. The molecule has 0 N–H and O–H groups in total. The van der Waals surface area contributed by atoms with Crippen LogP contribution in [-0.2, 0) is 0 Å². The molecule has 16 heavy (non-hydrogen) atoms. The fourth-order valence-corrected chi connectivity index (χ4v) is 3.99. The van der Waals surface area contributed by atoms with Crippen molar-refractivity contribution in [2.75, 3.05) is 4.31 Å². The topological polar surface area (TPSA) is 3.24 Å². The molecule has 80 valence electrons. The van der Waals surface area contributed by atoms with Gasteiger partial charge in [-0.05, 0) is 53.1 Å². The third kappa shape index (κ3) is 1.96. The van der Waals surface area contributed by atoms with E-state index in [1.165, 1.54) is 14.8 Å². The highest BCUT2D eigenvalue weighted by Crippen LogP contribution is 2.40. The number of nitrogens with zero attached hydrogens (tertiary/aromatic N) is 1. The van der Waals surface area contributed by atoms with E-state index in [2.05, 4.69) is 57.7 Å². The van der Waals surface area contributed by atoms with Crippen molar-refractivity contribution in [3.05, 3.63) is 58.3 Å². The van der Waals surface area contributed by atoms with E-state index in [1.54, 1.807) is 34.6 Å². The first-order valence-electron chi connectivity index (χ1n) is 4.86. The lowest BCUT2D eigenvalue weighted by atomic mass is 10.4. The standard InChI is InChI=1S/C12H9NS3/c1-4-11(10-5-2-8-14-10)16-13(7-1)12-6-3-9-15-12/h1-9H. The predicted octanol–water partition coefficient (Wildman–Crippen LogP) is 4.83. The van der Waals surface area contributed by atoms with Gasteiger partial charge < -0.3 is 0 Å². The van der Waals surface area contributed by atoms with Gasteiger partial charge in [-0.1, -0.05) is 6.07 Å². The van der Waals surface area contributed by atoms with Gasteiger partial charge in [0.2, 0.25) is 0 Å². The van der Waals surface area contributed by atoms with Gasteiger partial charge in [-0.3, -0.25) is 4.31 Å². The molecule has 2 aromatic rings. The Morgan fingerprint density at radius 3 is 2.62 bits per heavy atom. The third-order valence-electron chi connectivity index (χ3n) is 2.15. The summed E-state index contributed by atoms with van der Waals surface area (Å²) in [5.41, 5.74) is 0. The molecule has 0 fully saturated rings. The molecule has 1 nitrogen and oxygen atoms in total. The lowest BCUT2D eigenvalue weighted by Crippen LogP contribution is -2.05. The molecule has 0 bridgehead atoms. The van der Waals surface area contributed by atoms with Crippen LogP contribution in [0.3, 0.4) is 0 Å². The summed E-state index contributed by atoms with van der Waals surface area (Å²) in [6, 6.07) is 8.47. The van der Waals surface area contributed by atoms with Crippen LogP contribution < -0.4 is 4.31 Å². The number of allylic oxidation sites excluding steroid dienone is 2. The lowest BCUT2D eigenvalue weighted by Gasteiger charge is -2.20. The molecule has 0 saturated heterocycles. The Balaban J connectivity index is 1.85. The molecule has 4 heteroatoms. The van der Waals surface area contributed by atoms with Gasteiger partial charge >= 0.3 is 0 Å². The molecule has 1 aliphatic heterocycles. The summed E-state index contributed by atoms with van der Waals surface area (Å²) in [6.07, 6.45) is 6.37. The first-order valence-corrected chi connectivity index (χ1v) is 7.40. The molecule has 0 radical (unpaired) electrons. The smallest absolute Gasteiger partial charge is 0.105 e. The van der Waals surface area contributed by atoms with E-state index in [4.69, 9.17) is 0 Å². The van der Waals surface area contributed by atoms with Crippen molar-refractivity contribution < 1.29 is 0 Å². The van der Waals surface area contributed by atoms with Gasteiger partial charge in [0.05, 0.1) is 0 Å². The maximum Gasteiger partial charge on any atom is 0.105 e. The van der Waals surface area contributed by atoms with Crippen molar-refractivity contribution in [3.8, 4) is 0 Å². The quantitative estimate of drug-likeness (QED) is 0.714. The molecular formula is C12H9NS3. The SMILES string of the molecule is C1=CN(c2cccs2)SC(c2cccs2)=C1. The molecule has 0 unspecified atom stereocenters. The van der Waals surface area contributed by atoms with Gasteiger partial charge in [0.15, 0.2) is 0 Å². The first kappa shape index (κ1) is 10.2. The van der Waals surface area contributed by atoms with Crippen LogP contribution in [0, 0.1) is 0 Å². The van der Waals surface area contributed by atoms with E-state index >= 15 is 0 Å². The lowest BCUT2D eigenvalue weighted by molar-refractivity contribution is 1.51. The van der Waals surface area contributed by atoms with Gasteiger partial charge in [0, 0.05) is 16.0 Å². The largest absolute Gasteiger partial charge is 0.278 e. The van der Waals surface area contributed by atoms with Crippen LogP contribution in [-0.4, -0.2) is 0 Å². The van der Waals surface area contributed by atoms with Crippen LogP contribution in [0.25, 0.3) is 4.91 Å². The number of thiophene rings is 2.